The van der Waals surface area contributed by atoms with Crippen molar-refractivity contribution in [1.82, 2.24) is 0 Å². The Bertz CT molecular complexity index is 1400. The Labute approximate surface area is 213 Å². The molecule has 3 aromatic rings. The first-order valence-corrected chi connectivity index (χ1v) is 12.6. The van der Waals surface area contributed by atoms with Gasteiger partial charge in [-0.1, -0.05) is 49.4 Å². The van der Waals surface area contributed by atoms with Crippen LogP contribution in [0.25, 0.3) is 0 Å². The topological polar surface area (TPSA) is 80.8 Å². The molecule has 3 aromatic carbocycles. The van der Waals surface area contributed by atoms with E-state index in [0.717, 1.165) is 40.6 Å². The zero-order valence-electron chi connectivity index (χ0n) is 19.9. The lowest BCUT2D eigenvalue weighted by atomic mass is 10.1. The summed E-state index contributed by atoms with van der Waals surface area (Å²) in [6.45, 7) is 4.60. The highest BCUT2D eigenvalue weighted by Crippen LogP contribution is 2.33. The van der Waals surface area contributed by atoms with Gasteiger partial charge in [0.15, 0.2) is 12.4 Å². The number of aryl methyl sites for hydroxylation is 1. The molecule has 0 unspecified atom stereocenters. The fourth-order valence-electron chi connectivity index (χ4n) is 3.43. The molecule has 0 aliphatic rings. The van der Waals surface area contributed by atoms with Gasteiger partial charge < -0.3 is 4.74 Å². The van der Waals surface area contributed by atoms with Crippen LogP contribution in [0.4, 0.5) is 18.9 Å². The van der Waals surface area contributed by atoms with Crippen LogP contribution in [0.15, 0.2) is 90.3 Å². The molecule has 0 atom stereocenters. The molecule has 3 rings (SSSR count). The van der Waals surface area contributed by atoms with E-state index in [-0.39, 0.29) is 22.7 Å². The smallest absolute Gasteiger partial charge is 0.416 e. The van der Waals surface area contributed by atoms with Gasteiger partial charge in [-0.05, 0) is 48.4 Å². The lowest BCUT2D eigenvalue weighted by Gasteiger charge is -2.24. The maximum Gasteiger partial charge on any atom is 0.416 e. The first kappa shape index (κ1) is 27.7. The minimum atomic E-state index is -4.67. The van der Waals surface area contributed by atoms with E-state index in [0.29, 0.717) is 5.56 Å². The summed E-state index contributed by atoms with van der Waals surface area (Å²) in [7, 11) is -4.40. The van der Waals surface area contributed by atoms with E-state index in [2.05, 4.69) is 6.58 Å². The molecular weight excluding hydrogens is 507 g/mol. The van der Waals surface area contributed by atoms with Crippen LogP contribution in [0.2, 0.25) is 0 Å². The molecule has 0 N–H and O–H groups in total. The van der Waals surface area contributed by atoms with Crippen molar-refractivity contribution in [2.24, 2.45) is 0 Å². The molecule has 10 heteroatoms. The van der Waals surface area contributed by atoms with Gasteiger partial charge in [0.1, 0.15) is 0 Å². The van der Waals surface area contributed by atoms with Crippen LogP contribution in [0.3, 0.4) is 0 Å². The molecular formula is C27H24F3NO5S. The average molecular weight is 532 g/mol. The van der Waals surface area contributed by atoms with Gasteiger partial charge in [-0.15, -0.1) is 6.58 Å². The summed E-state index contributed by atoms with van der Waals surface area (Å²) >= 11 is 0. The summed E-state index contributed by atoms with van der Waals surface area (Å²) < 4.78 is 72.1. The maximum absolute atomic E-state index is 13.4. The van der Waals surface area contributed by atoms with E-state index in [4.69, 9.17) is 4.74 Å². The Hall–Kier alpha value is -3.92. The second-order valence-corrected chi connectivity index (χ2v) is 9.81. The SMILES string of the molecule is C=CCN(c1cccc(C(F)(F)F)c1)S(=O)(=O)c1cccc(C(=O)OCC(=O)c2ccc(CC)cc2)c1. The van der Waals surface area contributed by atoms with Crippen molar-refractivity contribution in [3.05, 3.63) is 108 Å². The number of benzene rings is 3. The minimum Gasteiger partial charge on any atom is -0.454 e. The number of sulfonamides is 1. The number of hydrogen-bond donors (Lipinski definition) is 0. The van der Waals surface area contributed by atoms with E-state index in [9.17, 15) is 31.2 Å². The predicted octanol–water partition coefficient (Wildman–Crippen LogP) is 5.69. The Balaban J connectivity index is 1.82. The van der Waals surface area contributed by atoms with Crippen molar-refractivity contribution >= 4 is 27.5 Å². The summed E-state index contributed by atoms with van der Waals surface area (Å²) in [6.07, 6.45) is -2.63. The third kappa shape index (κ3) is 6.65. The highest BCUT2D eigenvalue weighted by atomic mass is 32.2. The van der Waals surface area contributed by atoms with E-state index in [1.165, 1.54) is 30.3 Å². The quantitative estimate of drug-likeness (QED) is 0.191. The van der Waals surface area contributed by atoms with Gasteiger partial charge in [-0.3, -0.25) is 9.10 Å². The normalized spacial score (nSPS) is 11.6. The second-order valence-electron chi connectivity index (χ2n) is 7.95. The largest absolute Gasteiger partial charge is 0.454 e. The number of Topliss-reactive ketones (excluding diaryl/α,β-unsaturated/α-hetero) is 1. The maximum atomic E-state index is 13.4. The standard InChI is InChI=1S/C27H24F3NO5S/c1-3-15-31(23-9-6-8-22(17-23)27(28,29)30)37(34,35)24-10-5-7-21(16-24)26(33)36-18-25(32)20-13-11-19(4-2)12-14-20/h3,5-14,16-17H,1,4,15,18H2,2H3. The third-order valence-corrected chi connectivity index (χ3v) is 7.22. The number of esters is 1. The molecule has 0 spiro atoms. The Morgan fingerprint density at radius 2 is 1.65 bits per heavy atom. The summed E-state index contributed by atoms with van der Waals surface area (Å²) in [4.78, 5) is 24.6. The number of anilines is 1. The number of hydrogen-bond acceptors (Lipinski definition) is 5. The monoisotopic (exact) mass is 531 g/mol. The van der Waals surface area contributed by atoms with E-state index in [1.54, 1.807) is 24.3 Å². The van der Waals surface area contributed by atoms with Crippen molar-refractivity contribution < 1.29 is 35.9 Å². The van der Waals surface area contributed by atoms with Crippen LogP contribution in [0.1, 0.15) is 38.8 Å². The molecule has 0 saturated carbocycles. The Morgan fingerprint density at radius 3 is 2.27 bits per heavy atom. The molecule has 0 bridgehead atoms. The fourth-order valence-corrected chi connectivity index (χ4v) is 4.91. The fraction of sp³-hybridized carbons (Fsp3) is 0.185. The van der Waals surface area contributed by atoms with Crippen molar-refractivity contribution in [1.29, 1.82) is 0 Å². The molecule has 0 heterocycles. The molecule has 0 amide bonds. The van der Waals surface area contributed by atoms with Gasteiger partial charge >= 0.3 is 12.1 Å². The highest BCUT2D eigenvalue weighted by molar-refractivity contribution is 7.92. The number of alkyl halides is 3. The van der Waals surface area contributed by atoms with E-state index in [1.807, 2.05) is 6.92 Å². The minimum absolute atomic E-state index is 0.141. The van der Waals surface area contributed by atoms with Crippen LogP contribution in [0, 0.1) is 0 Å². The summed E-state index contributed by atoms with van der Waals surface area (Å²) in [5, 5.41) is 0. The summed E-state index contributed by atoms with van der Waals surface area (Å²) in [5.74, 6) is -1.36. The number of ether oxygens (including phenoxy) is 1. The van der Waals surface area contributed by atoms with Crippen molar-refractivity contribution in [2.75, 3.05) is 17.5 Å². The molecule has 37 heavy (non-hydrogen) atoms. The first-order valence-electron chi connectivity index (χ1n) is 11.2. The Morgan fingerprint density at radius 1 is 0.973 bits per heavy atom. The molecule has 0 saturated heterocycles. The van der Waals surface area contributed by atoms with Crippen molar-refractivity contribution in [2.45, 2.75) is 24.4 Å². The number of halogens is 3. The average Bonchev–Trinajstić information content (AvgIpc) is 2.89. The van der Waals surface area contributed by atoms with Crippen LogP contribution < -0.4 is 4.31 Å². The van der Waals surface area contributed by atoms with Gasteiger partial charge in [0, 0.05) is 5.56 Å². The number of ketones is 1. The molecule has 194 valence electrons. The van der Waals surface area contributed by atoms with Crippen molar-refractivity contribution in [3.63, 3.8) is 0 Å². The summed E-state index contributed by atoms with van der Waals surface area (Å²) in [6, 6.07) is 15.6. The molecule has 6 nitrogen and oxygen atoms in total. The van der Waals surface area contributed by atoms with Crippen molar-refractivity contribution in [3.8, 4) is 0 Å². The van der Waals surface area contributed by atoms with Gasteiger partial charge in [0.2, 0.25) is 0 Å². The van der Waals surface area contributed by atoms with Gasteiger partial charge in [0.25, 0.3) is 10.0 Å². The van der Waals surface area contributed by atoms with Crippen LogP contribution in [-0.2, 0) is 27.4 Å². The lowest BCUT2D eigenvalue weighted by molar-refractivity contribution is -0.137. The molecule has 0 radical (unpaired) electrons. The van der Waals surface area contributed by atoms with Crippen LogP contribution in [-0.4, -0.2) is 33.3 Å². The number of carbonyl (C=O) groups is 2. The molecule has 0 aliphatic carbocycles. The van der Waals surface area contributed by atoms with Crippen LogP contribution in [0.5, 0.6) is 0 Å². The first-order chi connectivity index (χ1) is 17.5. The van der Waals surface area contributed by atoms with Gasteiger partial charge in [-0.25, -0.2) is 13.2 Å². The van der Waals surface area contributed by atoms with Gasteiger partial charge in [-0.2, -0.15) is 13.2 Å². The molecule has 0 aliphatic heterocycles. The van der Waals surface area contributed by atoms with Crippen LogP contribution >= 0.6 is 0 Å². The zero-order valence-corrected chi connectivity index (χ0v) is 20.7. The highest BCUT2D eigenvalue weighted by Gasteiger charge is 2.32. The number of nitrogens with zero attached hydrogens (tertiary/aromatic N) is 1. The number of carbonyl (C=O) groups excluding carboxylic acids is 2. The van der Waals surface area contributed by atoms with E-state index >= 15 is 0 Å². The lowest BCUT2D eigenvalue weighted by Crippen LogP contribution is -2.31. The van der Waals surface area contributed by atoms with Gasteiger partial charge in [0.05, 0.1) is 28.3 Å². The van der Waals surface area contributed by atoms with E-state index < -0.39 is 40.1 Å². The Kier molecular flexibility index (Phi) is 8.54. The number of rotatable bonds is 10. The predicted molar refractivity (Wildman–Crippen MR) is 133 cm³/mol. The third-order valence-electron chi connectivity index (χ3n) is 5.43. The molecule has 0 aromatic heterocycles. The second kappa shape index (κ2) is 11.4. The zero-order chi connectivity index (χ0) is 27.2. The molecule has 0 fully saturated rings. The summed E-state index contributed by atoms with van der Waals surface area (Å²) in [5.41, 5.74) is 0.0328.